The van der Waals surface area contributed by atoms with Crippen molar-refractivity contribution >= 4 is 5.91 Å². The zero-order valence-corrected chi connectivity index (χ0v) is 39.8. The van der Waals surface area contributed by atoms with E-state index in [1.54, 1.807) is 0 Å². The first-order valence-electron chi connectivity index (χ1n) is 25.6. The van der Waals surface area contributed by atoms with Crippen LogP contribution in [-0.4, -0.2) is 140 Å². The number of ether oxygens (including phenoxy) is 4. The molecule has 2 fully saturated rings. The van der Waals surface area contributed by atoms with Crippen molar-refractivity contribution in [2.24, 2.45) is 0 Å². The van der Waals surface area contributed by atoms with E-state index >= 15 is 0 Å². The van der Waals surface area contributed by atoms with E-state index in [4.69, 9.17) is 18.9 Å². The fourth-order valence-corrected chi connectivity index (χ4v) is 8.44. The number of unbranched alkanes of at least 4 members (excludes halogenated alkanes) is 22. The number of aliphatic hydroxyl groups is 8. The Morgan fingerprint density at radius 2 is 1.03 bits per heavy atom. The first-order chi connectivity index (χ1) is 31.1. The lowest BCUT2D eigenvalue weighted by molar-refractivity contribution is -0.359. The molecule has 0 aliphatic carbocycles. The molecule has 0 bridgehead atoms. The van der Waals surface area contributed by atoms with Crippen LogP contribution in [0.5, 0.6) is 0 Å². The summed E-state index contributed by atoms with van der Waals surface area (Å²) in [5.74, 6) is -0.216. The Labute approximate surface area is 386 Å². The van der Waals surface area contributed by atoms with E-state index in [1.807, 2.05) is 0 Å². The number of rotatable bonds is 39. The third kappa shape index (κ3) is 24.5. The Balaban J connectivity index is 1.82. The smallest absolute Gasteiger partial charge is 0.220 e. The zero-order chi connectivity index (χ0) is 46.8. The molecule has 64 heavy (non-hydrogen) atoms. The monoisotopic (exact) mass is 916 g/mol. The second-order valence-corrected chi connectivity index (χ2v) is 18.3. The summed E-state index contributed by atoms with van der Waals surface area (Å²) in [6, 6.07) is -0.829. The average molecular weight is 916 g/mol. The molecule has 12 unspecified atom stereocenters. The van der Waals surface area contributed by atoms with E-state index in [0.29, 0.717) is 19.3 Å². The highest BCUT2D eigenvalue weighted by molar-refractivity contribution is 5.76. The van der Waals surface area contributed by atoms with E-state index in [-0.39, 0.29) is 12.5 Å². The van der Waals surface area contributed by atoms with Crippen molar-refractivity contribution in [2.75, 3.05) is 19.8 Å². The Kier molecular flexibility index (Phi) is 34.3. The second-order valence-electron chi connectivity index (χ2n) is 18.3. The molecule has 2 saturated heterocycles. The van der Waals surface area contributed by atoms with Gasteiger partial charge in [0.2, 0.25) is 5.91 Å². The highest BCUT2D eigenvalue weighted by Crippen LogP contribution is 2.30. The van der Waals surface area contributed by atoms with Gasteiger partial charge in [-0.25, -0.2) is 0 Å². The van der Waals surface area contributed by atoms with Gasteiger partial charge in [0, 0.05) is 6.42 Å². The molecule has 9 N–H and O–H groups in total. The molecule has 2 aliphatic rings. The van der Waals surface area contributed by atoms with E-state index in [1.165, 1.54) is 103 Å². The van der Waals surface area contributed by atoms with Crippen LogP contribution in [0.1, 0.15) is 194 Å². The van der Waals surface area contributed by atoms with Crippen LogP contribution in [0.25, 0.3) is 0 Å². The SMILES string of the molecule is CCCCCC/C=C\C/C=C\CCCCCCCCCC(=O)NC(COC1OC(CO)C(OC2OC(CO)C(O)C(O)C2O)C(O)C1O)C(O)CCCCCCCCCCCCCC. The van der Waals surface area contributed by atoms with Gasteiger partial charge in [0.15, 0.2) is 12.6 Å². The minimum absolute atomic E-state index is 0.216. The molecule has 0 aromatic rings. The van der Waals surface area contributed by atoms with Crippen molar-refractivity contribution in [3.63, 3.8) is 0 Å². The Bertz CT molecular complexity index is 1170. The van der Waals surface area contributed by atoms with E-state index in [0.717, 1.165) is 57.8 Å². The van der Waals surface area contributed by atoms with Crippen LogP contribution in [0.2, 0.25) is 0 Å². The number of carbonyl (C=O) groups is 1. The fourth-order valence-electron chi connectivity index (χ4n) is 8.44. The Morgan fingerprint density at radius 3 is 1.58 bits per heavy atom. The highest BCUT2D eigenvalue weighted by atomic mass is 16.7. The van der Waals surface area contributed by atoms with Crippen molar-refractivity contribution in [1.29, 1.82) is 0 Å². The van der Waals surface area contributed by atoms with Crippen LogP contribution in [0, 0.1) is 0 Å². The summed E-state index contributed by atoms with van der Waals surface area (Å²) in [6.07, 6.45) is 23.2. The van der Waals surface area contributed by atoms with Gasteiger partial charge in [-0.1, -0.05) is 167 Å². The maximum atomic E-state index is 13.2. The van der Waals surface area contributed by atoms with E-state index in [2.05, 4.69) is 43.5 Å². The van der Waals surface area contributed by atoms with E-state index in [9.17, 15) is 45.6 Å². The molecule has 2 heterocycles. The lowest BCUT2D eigenvalue weighted by Crippen LogP contribution is -2.65. The standard InChI is InChI=1S/C50H93NO13/c1-3-5-7-9-11-13-15-17-18-19-20-21-22-24-26-28-30-32-34-42(55)51-38(39(54)33-31-29-27-25-23-16-14-12-10-8-6-4-2)37-61-49-47(60)45(58)48(41(36-53)63-49)64-50-46(59)44(57)43(56)40(35-52)62-50/h13,15,18-19,38-41,43-50,52-54,56-60H,3-12,14,16-17,20-37H2,1-2H3,(H,51,55)/b15-13-,19-18-. The molecule has 12 atom stereocenters. The topological polar surface area (TPSA) is 228 Å². The van der Waals surface area contributed by atoms with Gasteiger partial charge < -0.3 is 65.1 Å². The molecule has 0 spiro atoms. The number of allylic oxidation sites excluding steroid dienone is 4. The van der Waals surface area contributed by atoms with Crippen molar-refractivity contribution in [2.45, 2.75) is 267 Å². The molecule has 0 radical (unpaired) electrons. The molecular formula is C50H93NO13. The van der Waals surface area contributed by atoms with Gasteiger partial charge in [-0.2, -0.15) is 0 Å². The zero-order valence-electron chi connectivity index (χ0n) is 39.8. The van der Waals surface area contributed by atoms with Gasteiger partial charge in [-0.3, -0.25) is 4.79 Å². The maximum absolute atomic E-state index is 13.2. The number of nitrogens with one attached hydrogen (secondary N) is 1. The van der Waals surface area contributed by atoms with Gasteiger partial charge in [-0.05, 0) is 44.9 Å². The Hall–Kier alpha value is -1.53. The number of carbonyl (C=O) groups excluding carboxylic acids is 1. The summed E-state index contributed by atoms with van der Waals surface area (Å²) < 4.78 is 22.7. The summed E-state index contributed by atoms with van der Waals surface area (Å²) >= 11 is 0. The lowest BCUT2D eigenvalue weighted by Gasteiger charge is -2.46. The van der Waals surface area contributed by atoms with Crippen LogP contribution in [0.15, 0.2) is 24.3 Å². The van der Waals surface area contributed by atoms with Crippen molar-refractivity contribution < 1.29 is 64.6 Å². The molecule has 376 valence electrons. The van der Waals surface area contributed by atoms with E-state index < -0.39 is 86.8 Å². The predicted molar refractivity (Wildman–Crippen MR) is 249 cm³/mol. The molecule has 1 amide bonds. The summed E-state index contributed by atoms with van der Waals surface area (Å²) in [4.78, 5) is 13.2. The van der Waals surface area contributed by atoms with Crippen LogP contribution in [0.3, 0.4) is 0 Å². The molecule has 2 aliphatic heterocycles. The predicted octanol–water partition coefficient (Wildman–Crippen LogP) is 6.55. The van der Waals surface area contributed by atoms with Crippen LogP contribution < -0.4 is 5.32 Å². The number of aliphatic hydroxyl groups excluding tert-OH is 8. The van der Waals surface area contributed by atoms with Gasteiger partial charge in [0.1, 0.15) is 48.8 Å². The third-order valence-electron chi connectivity index (χ3n) is 12.7. The summed E-state index contributed by atoms with van der Waals surface area (Å²) in [5.41, 5.74) is 0. The molecule has 14 heteroatoms. The van der Waals surface area contributed by atoms with Crippen LogP contribution >= 0.6 is 0 Å². The lowest BCUT2D eigenvalue weighted by atomic mass is 9.97. The fraction of sp³-hybridized carbons (Fsp3) is 0.900. The molecule has 14 nitrogen and oxygen atoms in total. The first-order valence-corrected chi connectivity index (χ1v) is 25.6. The van der Waals surface area contributed by atoms with Gasteiger partial charge >= 0.3 is 0 Å². The number of amides is 1. The number of hydrogen-bond donors (Lipinski definition) is 9. The second kappa shape index (κ2) is 37.5. The molecule has 0 saturated carbocycles. The summed E-state index contributed by atoms with van der Waals surface area (Å²) in [5, 5.41) is 86.8. The highest BCUT2D eigenvalue weighted by Gasteiger charge is 2.51. The van der Waals surface area contributed by atoms with Gasteiger partial charge in [-0.15, -0.1) is 0 Å². The van der Waals surface area contributed by atoms with Crippen molar-refractivity contribution in [3.8, 4) is 0 Å². The van der Waals surface area contributed by atoms with Gasteiger partial charge in [0.25, 0.3) is 0 Å². The average Bonchev–Trinajstić information content (AvgIpc) is 3.29. The van der Waals surface area contributed by atoms with Gasteiger partial charge in [0.05, 0.1) is 32.0 Å². The maximum Gasteiger partial charge on any atom is 0.220 e. The normalized spacial score (nSPS) is 27.4. The third-order valence-corrected chi connectivity index (χ3v) is 12.7. The minimum atomic E-state index is -1.78. The quantitative estimate of drug-likeness (QED) is 0.0236. The number of hydrogen-bond acceptors (Lipinski definition) is 13. The summed E-state index contributed by atoms with van der Waals surface area (Å²) in [6.45, 7) is 2.81. The van der Waals surface area contributed by atoms with Crippen LogP contribution in [-0.2, 0) is 23.7 Å². The van der Waals surface area contributed by atoms with Crippen molar-refractivity contribution in [3.05, 3.63) is 24.3 Å². The molecular weight excluding hydrogens is 823 g/mol. The Morgan fingerprint density at radius 1 is 0.562 bits per heavy atom. The minimum Gasteiger partial charge on any atom is -0.394 e. The largest absolute Gasteiger partial charge is 0.394 e. The molecule has 0 aromatic heterocycles. The summed E-state index contributed by atoms with van der Waals surface area (Å²) in [7, 11) is 0. The van der Waals surface area contributed by atoms with Crippen LogP contribution in [0.4, 0.5) is 0 Å². The molecule has 2 rings (SSSR count). The van der Waals surface area contributed by atoms with Crippen molar-refractivity contribution in [1.82, 2.24) is 5.32 Å². The first kappa shape index (κ1) is 58.6. The molecule has 0 aromatic carbocycles.